The van der Waals surface area contributed by atoms with Gasteiger partial charge in [0.1, 0.15) is 17.4 Å². The van der Waals surface area contributed by atoms with E-state index in [1.165, 1.54) is 0 Å². The molecule has 0 bridgehead atoms. The molecule has 116 valence electrons. The summed E-state index contributed by atoms with van der Waals surface area (Å²) in [6.07, 6.45) is 0. The molecule has 1 aliphatic heterocycles. The van der Waals surface area contributed by atoms with Crippen molar-refractivity contribution in [2.75, 3.05) is 0 Å². The summed E-state index contributed by atoms with van der Waals surface area (Å²) < 4.78 is 7.25. The van der Waals surface area contributed by atoms with E-state index in [1.54, 1.807) is 10.6 Å². The molecule has 0 aliphatic carbocycles. The van der Waals surface area contributed by atoms with Crippen molar-refractivity contribution in [3.05, 3.63) is 75.0 Å². The Balaban J connectivity index is 2.35. The van der Waals surface area contributed by atoms with Gasteiger partial charge in [0.25, 0.3) is 5.56 Å². The van der Waals surface area contributed by atoms with E-state index < -0.39 is 5.92 Å². The standard InChI is InChI=1S/C18H17N3O2/c1-3-21-11(2)9-14-16(18(21)22)15(12-7-5-4-6-8-12)13(10-19)17(20)23-14/h4-9,15H,3,20H2,1-2H3/t15-/m0/s1. The van der Waals surface area contributed by atoms with Crippen LogP contribution in [-0.4, -0.2) is 4.57 Å². The molecule has 3 rings (SSSR count). The van der Waals surface area contributed by atoms with Gasteiger partial charge in [0.15, 0.2) is 0 Å². The Morgan fingerprint density at radius 3 is 2.65 bits per heavy atom. The second-order valence-corrected chi connectivity index (χ2v) is 5.45. The molecule has 23 heavy (non-hydrogen) atoms. The molecule has 1 aromatic heterocycles. The number of nitrogens with zero attached hydrogens (tertiary/aromatic N) is 2. The lowest BCUT2D eigenvalue weighted by atomic mass is 9.84. The Hall–Kier alpha value is -3.00. The first-order chi connectivity index (χ1) is 11.1. The molecule has 5 heteroatoms. The van der Waals surface area contributed by atoms with Crippen LogP contribution in [0.5, 0.6) is 5.75 Å². The summed E-state index contributed by atoms with van der Waals surface area (Å²) in [5.74, 6) is -0.0136. The van der Waals surface area contributed by atoms with Gasteiger partial charge in [0.2, 0.25) is 5.88 Å². The zero-order valence-electron chi connectivity index (χ0n) is 13.0. The zero-order chi connectivity index (χ0) is 16.6. The minimum atomic E-state index is -0.504. The molecule has 0 spiro atoms. The highest BCUT2D eigenvalue weighted by molar-refractivity contribution is 5.55. The highest BCUT2D eigenvalue weighted by Gasteiger charge is 2.33. The van der Waals surface area contributed by atoms with Crippen LogP contribution in [0.1, 0.15) is 29.7 Å². The van der Waals surface area contributed by atoms with E-state index in [1.807, 2.05) is 44.2 Å². The van der Waals surface area contributed by atoms with Gasteiger partial charge in [-0.2, -0.15) is 5.26 Å². The van der Waals surface area contributed by atoms with Crippen LogP contribution >= 0.6 is 0 Å². The van der Waals surface area contributed by atoms with Gasteiger partial charge in [-0.25, -0.2) is 0 Å². The van der Waals surface area contributed by atoms with Gasteiger partial charge in [0.05, 0.1) is 11.5 Å². The maximum absolute atomic E-state index is 12.9. The zero-order valence-corrected chi connectivity index (χ0v) is 13.0. The molecular formula is C18H17N3O2. The van der Waals surface area contributed by atoms with Crippen molar-refractivity contribution in [2.45, 2.75) is 26.3 Å². The summed E-state index contributed by atoms with van der Waals surface area (Å²) >= 11 is 0. The number of hydrogen-bond acceptors (Lipinski definition) is 4. The number of allylic oxidation sites excluding steroid dienone is 1. The van der Waals surface area contributed by atoms with E-state index in [0.717, 1.165) is 11.3 Å². The molecular weight excluding hydrogens is 290 g/mol. The van der Waals surface area contributed by atoms with Crippen LogP contribution in [0.15, 0.2) is 52.6 Å². The third kappa shape index (κ3) is 2.29. The molecule has 0 radical (unpaired) electrons. The first-order valence-electron chi connectivity index (χ1n) is 7.45. The second-order valence-electron chi connectivity index (χ2n) is 5.45. The fourth-order valence-electron chi connectivity index (χ4n) is 3.06. The first-order valence-corrected chi connectivity index (χ1v) is 7.45. The fourth-order valence-corrected chi connectivity index (χ4v) is 3.06. The molecule has 0 amide bonds. The average Bonchev–Trinajstić information content (AvgIpc) is 2.54. The van der Waals surface area contributed by atoms with Crippen LogP contribution < -0.4 is 16.0 Å². The minimum absolute atomic E-state index is 0.0573. The Labute approximate surface area is 134 Å². The first kappa shape index (κ1) is 14.9. The van der Waals surface area contributed by atoms with E-state index in [9.17, 15) is 10.1 Å². The van der Waals surface area contributed by atoms with Crippen molar-refractivity contribution >= 4 is 0 Å². The van der Waals surface area contributed by atoms with Gasteiger partial charge in [-0.05, 0) is 19.4 Å². The van der Waals surface area contributed by atoms with Crippen molar-refractivity contribution in [3.63, 3.8) is 0 Å². The second kappa shape index (κ2) is 5.65. The maximum Gasteiger partial charge on any atom is 0.258 e. The SMILES string of the molecule is CCn1c(C)cc2c(c1=O)[C@@H](c1ccccc1)C(C#N)=C(N)O2. The predicted octanol–water partition coefficient (Wildman–Crippen LogP) is 2.39. The van der Waals surface area contributed by atoms with Gasteiger partial charge >= 0.3 is 0 Å². The van der Waals surface area contributed by atoms with Crippen LogP contribution in [0, 0.1) is 18.3 Å². The Kier molecular flexibility index (Phi) is 3.67. The lowest BCUT2D eigenvalue weighted by Crippen LogP contribution is -2.32. The molecule has 0 fully saturated rings. The quantitative estimate of drug-likeness (QED) is 0.923. The van der Waals surface area contributed by atoms with Crippen molar-refractivity contribution in [1.29, 1.82) is 5.26 Å². The number of aryl methyl sites for hydroxylation is 1. The Morgan fingerprint density at radius 2 is 2.04 bits per heavy atom. The topological polar surface area (TPSA) is 81.0 Å². The number of nitrogens with two attached hydrogens (primary N) is 1. The predicted molar refractivity (Wildman–Crippen MR) is 86.9 cm³/mol. The van der Waals surface area contributed by atoms with Gasteiger partial charge in [0, 0.05) is 18.3 Å². The van der Waals surface area contributed by atoms with E-state index in [4.69, 9.17) is 10.5 Å². The van der Waals surface area contributed by atoms with Gasteiger partial charge in [-0.15, -0.1) is 0 Å². The fraction of sp³-hybridized carbons (Fsp3) is 0.222. The number of pyridine rings is 1. The largest absolute Gasteiger partial charge is 0.440 e. The highest BCUT2D eigenvalue weighted by Crippen LogP contribution is 2.40. The van der Waals surface area contributed by atoms with Crippen LogP contribution in [0.2, 0.25) is 0 Å². The van der Waals surface area contributed by atoms with Crippen molar-refractivity contribution < 1.29 is 4.74 Å². The number of fused-ring (bicyclic) bond motifs is 1. The van der Waals surface area contributed by atoms with E-state index in [-0.39, 0.29) is 17.0 Å². The molecule has 2 N–H and O–H groups in total. The van der Waals surface area contributed by atoms with Crippen molar-refractivity contribution in [2.24, 2.45) is 5.73 Å². The molecule has 0 unspecified atom stereocenters. The molecule has 1 atom stereocenters. The lowest BCUT2D eigenvalue weighted by molar-refractivity contribution is 0.388. The third-order valence-electron chi connectivity index (χ3n) is 4.14. The smallest absolute Gasteiger partial charge is 0.258 e. The van der Waals surface area contributed by atoms with Crippen LogP contribution in [0.25, 0.3) is 0 Å². The van der Waals surface area contributed by atoms with Crippen LogP contribution in [0.4, 0.5) is 0 Å². The van der Waals surface area contributed by atoms with Crippen LogP contribution in [0.3, 0.4) is 0 Å². The van der Waals surface area contributed by atoms with E-state index in [0.29, 0.717) is 17.9 Å². The molecule has 0 saturated heterocycles. The maximum atomic E-state index is 12.9. The number of rotatable bonds is 2. The molecule has 2 aromatic rings. The number of hydrogen-bond donors (Lipinski definition) is 1. The summed E-state index contributed by atoms with van der Waals surface area (Å²) in [6.45, 7) is 4.32. The van der Waals surface area contributed by atoms with Crippen LogP contribution in [-0.2, 0) is 6.54 Å². The van der Waals surface area contributed by atoms with Gasteiger partial charge < -0.3 is 15.0 Å². The monoisotopic (exact) mass is 307 g/mol. The van der Waals surface area contributed by atoms with E-state index in [2.05, 4.69) is 6.07 Å². The number of ether oxygens (including phenoxy) is 1. The number of aromatic nitrogens is 1. The summed E-state index contributed by atoms with van der Waals surface area (Å²) in [5.41, 5.74) is 8.17. The Morgan fingerprint density at radius 1 is 1.35 bits per heavy atom. The lowest BCUT2D eigenvalue weighted by Gasteiger charge is -2.27. The number of nitriles is 1. The van der Waals surface area contributed by atoms with Crippen molar-refractivity contribution in [1.82, 2.24) is 4.57 Å². The molecule has 1 aliphatic rings. The normalized spacial score (nSPS) is 16.5. The molecule has 1 aromatic carbocycles. The third-order valence-corrected chi connectivity index (χ3v) is 4.14. The van der Waals surface area contributed by atoms with Gasteiger partial charge in [-0.3, -0.25) is 4.79 Å². The minimum Gasteiger partial charge on any atom is -0.440 e. The van der Waals surface area contributed by atoms with Gasteiger partial charge in [-0.1, -0.05) is 30.3 Å². The molecule has 2 heterocycles. The van der Waals surface area contributed by atoms with Crippen molar-refractivity contribution in [3.8, 4) is 11.8 Å². The molecule has 5 nitrogen and oxygen atoms in total. The summed E-state index contributed by atoms with van der Waals surface area (Å²) in [4.78, 5) is 12.9. The van der Waals surface area contributed by atoms with E-state index >= 15 is 0 Å². The average molecular weight is 307 g/mol. The summed E-state index contributed by atoms with van der Waals surface area (Å²) in [7, 11) is 0. The summed E-state index contributed by atoms with van der Waals surface area (Å²) in [5, 5.41) is 9.51. The summed E-state index contributed by atoms with van der Waals surface area (Å²) in [6, 6.07) is 13.3. The number of benzene rings is 1. The Bertz CT molecular complexity index is 889. The highest BCUT2D eigenvalue weighted by atomic mass is 16.5. The molecule has 0 saturated carbocycles.